The van der Waals surface area contributed by atoms with Crippen LogP contribution in [-0.2, 0) is 10.2 Å². The molecule has 0 aromatic heterocycles. The zero-order valence-electron chi connectivity index (χ0n) is 12.0. The minimum absolute atomic E-state index is 0.151. The first-order chi connectivity index (χ1) is 9.10. The number of nitrogens with one attached hydrogen (secondary N) is 1. The lowest BCUT2D eigenvalue weighted by Gasteiger charge is -2.18. The smallest absolute Gasteiger partial charge is 0.230 e. The minimum atomic E-state index is -0.344. The number of hydrogen-bond acceptors (Lipinski definition) is 2. The van der Waals surface area contributed by atoms with Crippen molar-refractivity contribution in [3.63, 3.8) is 0 Å². The summed E-state index contributed by atoms with van der Waals surface area (Å²) in [5.41, 5.74) is 0.684. The molecule has 3 nitrogen and oxygen atoms in total. The maximum Gasteiger partial charge on any atom is 0.230 e. The quantitative estimate of drug-likeness (QED) is 0.855. The molecule has 3 heteroatoms. The Morgan fingerprint density at radius 3 is 2.63 bits per heavy atom. The Morgan fingerprint density at radius 2 is 2.05 bits per heavy atom. The number of para-hydroxylation sites is 1. The molecule has 1 aromatic rings. The SMILES string of the molecule is COc1ccccc1C1(C(=O)NCCC(C)C)CC1. The van der Waals surface area contributed by atoms with Crippen LogP contribution in [0.5, 0.6) is 5.75 Å². The standard InChI is InChI=1S/C16H23NO2/c1-12(2)8-11-17-15(18)16(9-10-16)13-6-4-5-7-14(13)19-3/h4-7,12H,8-11H2,1-3H3,(H,17,18). The Kier molecular flexibility index (Phi) is 4.13. The van der Waals surface area contributed by atoms with Gasteiger partial charge in [-0.25, -0.2) is 0 Å². The third-order valence-electron chi connectivity index (χ3n) is 3.81. The van der Waals surface area contributed by atoms with E-state index in [0.717, 1.165) is 37.1 Å². The van der Waals surface area contributed by atoms with Crippen molar-refractivity contribution in [3.05, 3.63) is 29.8 Å². The highest BCUT2D eigenvalue weighted by atomic mass is 16.5. The summed E-state index contributed by atoms with van der Waals surface area (Å²) in [5.74, 6) is 1.58. The molecular weight excluding hydrogens is 238 g/mol. The van der Waals surface area contributed by atoms with Crippen LogP contribution in [0, 0.1) is 5.92 Å². The van der Waals surface area contributed by atoms with Gasteiger partial charge in [0.1, 0.15) is 5.75 Å². The van der Waals surface area contributed by atoms with Gasteiger partial charge < -0.3 is 10.1 Å². The largest absolute Gasteiger partial charge is 0.496 e. The van der Waals surface area contributed by atoms with Crippen molar-refractivity contribution >= 4 is 5.91 Å². The van der Waals surface area contributed by atoms with Crippen molar-refractivity contribution in [2.24, 2.45) is 5.92 Å². The van der Waals surface area contributed by atoms with E-state index in [4.69, 9.17) is 4.74 Å². The van der Waals surface area contributed by atoms with Gasteiger partial charge in [0.05, 0.1) is 12.5 Å². The number of methoxy groups -OCH3 is 1. The molecule has 0 aliphatic heterocycles. The van der Waals surface area contributed by atoms with Gasteiger partial charge >= 0.3 is 0 Å². The van der Waals surface area contributed by atoms with Gasteiger partial charge in [0.25, 0.3) is 0 Å². The van der Waals surface area contributed by atoms with Gasteiger partial charge in [-0.3, -0.25) is 4.79 Å². The maximum atomic E-state index is 12.4. The lowest BCUT2D eigenvalue weighted by atomic mass is 9.94. The van der Waals surface area contributed by atoms with E-state index in [0.29, 0.717) is 5.92 Å². The third kappa shape index (κ3) is 2.91. The molecule has 0 atom stereocenters. The molecule has 0 saturated heterocycles. The van der Waals surface area contributed by atoms with Crippen LogP contribution in [-0.4, -0.2) is 19.6 Å². The molecular formula is C16H23NO2. The van der Waals surface area contributed by atoms with E-state index >= 15 is 0 Å². The van der Waals surface area contributed by atoms with Crippen LogP contribution in [0.25, 0.3) is 0 Å². The van der Waals surface area contributed by atoms with Crippen molar-refractivity contribution < 1.29 is 9.53 Å². The van der Waals surface area contributed by atoms with E-state index in [-0.39, 0.29) is 11.3 Å². The highest BCUT2D eigenvalue weighted by Crippen LogP contribution is 2.51. The number of amides is 1. The fourth-order valence-electron chi connectivity index (χ4n) is 2.43. The first-order valence-electron chi connectivity index (χ1n) is 7.02. The van der Waals surface area contributed by atoms with Crippen LogP contribution in [0.15, 0.2) is 24.3 Å². The molecule has 0 radical (unpaired) electrons. The molecule has 1 amide bonds. The summed E-state index contributed by atoms with van der Waals surface area (Å²) in [6, 6.07) is 7.85. The molecule has 1 aliphatic rings. The molecule has 1 aromatic carbocycles. The Balaban J connectivity index is 2.08. The summed E-state index contributed by atoms with van der Waals surface area (Å²) >= 11 is 0. The highest BCUT2D eigenvalue weighted by Gasteiger charge is 2.52. The molecule has 19 heavy (non-hydrogen) atoms. The molecule has 2 rings (SSSR count). The molecule has 104 valence electrons. The second-order valence-corrected chi connectivity index (χ2v) is 5.72. The van der Waals surface area contributed by atoms with Gasteiger partial charge in [-0.2, -0.15) is 0 Å². The lowest BCUT2D eigenvalue weighted by molar-refractivity contribution is -0.123. The third-order valence-corrected chi connectivity index (χ3v) is 3.81. The van der Waals surface area contributed by atoms with Crippen molar-refractivity contribution in [2.45, 2.75) is 38.5 Å². The summed E-state index contributed by atoms with van der Waals surface area (Å²) in [5, 5.41) is 3.07. The van der Waals surface area contributed by atoms with E-state index in [9.17, 15) is 4.79 Å². The van der Waals surface area contributed by atoms with Gasteiger partial charge in [0.2, 0.25) is 5.91 Å². The van der Waals surface area contributed by atoms with Gasteiger partial charge in [0, 0.05) is 12.1 Å². The monoisotopic (exact) mass is 261 g/mol. The van der Waals surface area contributed by atoms with Crippen LogP contribution in [0.1, 0.15) is 38.7 Å². The van der Waals surface area contributed by atoms with E-state index < -0.39 is 0 Å². The molecule has 1 fully saturated rings. The number of ether oxygens (including phenoxy) is 1. The Hall–Kier alpha value is -1.51. The number of benzene rings is 1. The van der Waals surface area contributed by atoms with E-state index in [1.807, 2.05) is 24.3 Å². The number of rotatable bonds is 6. The number of carbonyl (C=O) groups is 1. The molecule has 0 unspecified atom stereocenters. The minimum Gasteiger partial charge on any atom is -0.496 e. The summed E-state index contributed by atoms with van der Waals surface area (Å²) in [6.45, 7) is 5.09. The zero-order valence-corrected chi connectivity index (χ0v) is 12.0. The topological polar surface area (TPSA) is 38.3 Å². The van der Waals surface area contributed by atoms with Crippen LogP contribution in [0.3, 0.4) is 0 Å². The van der Waals surface area contributed by atoms with Crippen molar-refractivity contribution in [1.82, 2.24) is 5.32 Å². The summed E-state index contributed by atoms with van der Waals surface area (Å²) < 4.78 is 5.38. The normalized spacial score (nSPS) is 16.2. The molecule has 0 spiro atoms. The zero-order chi connectivity index (χ0) is 13.9. The Bertz CT molecular complexity index is 450. The maximum absolute atomic E-state index is 12.4. The van der Waals surface area contributed by atoms with Crippen LogP contribution >= 0.6 is 0 Å². The second kappa shape index (κ2) is 5.64. The second-order valence-electron chi connectivity index (χ2n) is 5.72. The van der Waals surface area contributed by atoms with Crippen molar-refractivity contribution in [2.75, 3.05) is 13.7 Å². The summed E-state index contributed by atoms with van der Waals surface area (Å²) in [6.07, 6.45) is 2.86. The fourth-order valence-corrected chi connectivity index (χ4v) is 2.43. The molecule has 0 heterocycles. The predicted molar refractivity (Wildman–Crippen MR) is 76.4 cm³/mol. The molecule has 1 N–H and O–H groups in total. The number of carbonyl (C=O) groups excluding carboxylic acids is 1. The van der Waals surface area contributed by atoms with Gasteiger partial charge in [-0.05, 0) is 31.2 Å². The van der Waals surface area contributed by atoms with Crippen LogP contribution in [0.2, 0.25) is 0 Å². The van der Waals surface area contributed by atoms with Crippen LogP contribution in [0.4, 0.5) is 0 Å². The average Bonchev–Trinajstić information content (AvgIpc) is 3.19. The number of hydrogen-bond donors (Lipinski definition) is 1. The molecule has 1 aliphatic carbocycles. The van der Waals surface area contributed by atoms with E-state index in [2.05, 4.69) is 19.2 Å². The first-order valence-corrected chi connectivity index (χ1v) is 7.02. The van der Waals surface area contributed by atoms with E-state index in [1.165, 1.54) is 0 Å². The molecule has 1 saturated carbocycles. The predicted octanol–water partition coefficient (Wildman–Crippen LogP) is 2.89. The fraction of sp³-hybridized carbons (Fsp3) is 0.562. The van der Waals surface area contributed by atoms with E-state index in [1.54, 1.807) is 7.11 Å². The van der Waals surface area contributed by atoms with Crippen LogP contribution < -0.4 is 10.1 Å². The van der Waals surface area contributed by atoms with Gasteiger partial charge in [-0.15, -0.1) is 0 Å². The summed E-state index contributed by atoms with van der Waals surface area (Å²) in [4.78, 5) is 12.4. The van der Waals surface area contributed by atoms with Gasteiger partial charge in [0.15, 0.2) is 0 Å². The summed E-state index contributed by atoms with van der Waals surface area (Å²) in [7, 11) is 1.66. The van der Waals surface area contributed by atoms with Crippen molar-refractivity contribution in [1.29, 1.82) is 0 Å². The Labute approximate surface area is 115 Å². The molecule has 0 bridgehead atoms. The Morgan fingerprint density at radius 1 is 1.37 bits per heavy atom. The average molecular weight is 261 g/mol. The highest BCUT2D eigenvalue weighted by molar-refractivity contribution is 5.92. The first kappa shape index (κ1) is 13.9. The lowest BCUT2D eigenvalue weighted by Crippen LogP contribution is -2.35. The van der Waals surface area contributed by atoms with Gasteiger partial charge in [-0.1, -0.05) is 32.0 Å². The van der Waals surface area contributed by atoms with Crippen molar-refractivity contribution in [3.8, 4) is 5.75 Å².